The number of hydrogen-bond acceptors (Lipinski definition) is 1. The van der Waals surface area contributed by atoms with Gasteiger partial charge in [0.2, 0.25) is 0 Å². The summed E-state index contributed by atoms with van der Waals surface area (Å²) in [5, 5.41) is 0. The fraction of sp³-hybridized carbons (Fsp3) is 0.174. The van der Waals surface area contributed by atoms with Gasteiger partial charge in [-0.3, -0.25) is 4.99 Å². The highest BCUT2D eigenvalue weighted by Crippen LogP contribution is 2.21. The lowest BCUT2D eigenvalue weighted by molar-refractivity contribution is 1.34. The first-order valence-electron chi connectivity index (χ1n) is 8.26. The Hall–Kier alpha value is -2.67. The summed E-state index contributed by atoms with van der Waals surface area (Å²) in [6, 6.07) is 26.9. The molecule has 1 nitrogen and oxygen atoms in total. The second-order valence-electron chi connectivity index (χ2n) is 6.01. The van der Waals surface area contributed by atoms with E-state index in [1.54, 1.807) is 0 Å². The summed E-state index contributed by atoms with van der Waals surface area (Å²) in [6.45, 7) is 8.32. The van der Waals surface area contributed by atoms with Gasteiger partial charge in [0.05, 0.1) is 5.69 Å². The van der Waals surface area contributed by atoms with Crippen LogP contribution < -0.4 is 0 Å². The van der Waals surface area contributed by atoms with E-state index in [0.29, 0.717) is 0 Å². The van der Waals surface area contributed by atoms with Gasteiger partial charge in [-0.05, 0) is 50.5 Å². The minimum atomic E-state index is 1.05. The molecule has 0 aliphatic carbocycles. The van der Waals surface area contributed by atoms with Gasteiger partial charge in [-0.15, -0.1) is 0 Å². The first-order valence-corrected chi connectivity index (χ1v) is 8.26. The van der Waals surface area contributed by atoms with Crippen molar-refractivity contribution in [1.82, 2.24) is 0 Å². The van der Waals surface area contributed by atoms with Gasteiger partial charge in [-0.25, -0.2) is 0 Å². The third-order valence-corrected chi connectivity index (χ3v) is 3.78. The van der Waals surface area contributed by atoms with Crippen LogP contribution in [0.3, 0.4) is 0 Å². The Balaban J connectivity index is 0.000000249. The van der Waals surface area contributed by atoms with E-state index < -0.39 is 0 Å². The predicted octanol–water partition coefficient (Wildman–Crippen LogP) is 6.44. The summed E-state index contributed by atoms with van der Waals surface area (Å²) in [5.41, 5.74) is 7.07. The number of aryl methyl sites for hydroxylation is 3. The van der Waals surface area contributed by atoms with E-state index in [-0.39, 0.29) is 0 Å². The Bertz CT molecular complexity index is 787. The molecule has 0 fully saturated rings. The summed E-state index contributed by atoms with van der Waals surface area (Å²) in [6.07, 6.45) is 0. The zero-order valence-electron chi connectivity index (χ0n) is 15.0. The van der Waals surface area contributed by atoms with Crippen molar-refractivity contribution in [2.75, 3.05) is 0 Å². The van der Waals surface area contributed by atoms with Crippen molar-refractivity contribution in [2.45, 2.75) is 27.7 Å². The van der Waals surface area contributed by atoms with Gasteiger partial charge in [0.1, 0.15) is 0 Å². The maximum Gasteiger partial charge on any atom is 0.0664 e. The van der Waals surface area contributed by atoms with Gasteiger partial charge in [0.25, 0.3) is 0 Å². The van der Waals surface area contributed by atoms with Gasteiger partial charge < -0.3 is 0 Å². The monoisotopic (exact) mass is 315 g/mol. The van der Waals surface area contributed by atoms with Crippen molar-refractivity contribution >= 4 is 11.4 Å². The van der Waals surface area contributed by atoms with Gasteiger partial charge >= 0.3 is 0 Å². The Labute approximate surface area is 145 Å². The fourth-order valence-electron chi connectivity index (χ4n) is 2.30. The molecule has 3 aromatic rings. The quantitative estimate of drug-likeness (QED) is 0.483. The lowest BCUT2D eigenvalue weighted by Crippen LogP contribution is -1.93. The predicted molar refractivity (Wildman–Crippen MR) is 105 cm³/mol. The number of aliphatic imine (C=N–C) groups is 1. The van der Waals surface area contributed by atoms with E-state index in [2.05, 4.69) is 70.2 Å². The first-order chi connectivity index (χ1) is 11.6. The molecule has 0 spiro atoms. The second kappa shape index (κ2) is 8.83. The number of hydrogen-bond donors (Lipinski definition) is 0. The van der Waals surface area contributed by atoms with Crippen LogP contribution >= 0.6 is 0 Å². The highest BCUT2D eigenvalue weighted by Gasteiger charge is 1.99. The van der Waals surface area contributed by atoms with Crippen molar-refractivity contribution in [2.24, 2.45) is 4.99 Å². The minimum absolute atomic E-state index is 1.05. The molecule has 0 heterocycles. The molecular weight excluding hydrogens is 290 g/mol. The molecule has 1 heteroatoms. The molecule has 0 aliphatic rings. The highest BCUT2D eigenvalue weighted by atomic mass is 14.7. The summed E-state index contributed by atoms with van der Waals surface area (Å²) in [5.74, 6) is 0. The third kappa shape index (κ3) is 5.51. The van der Waals surface area contributed by atoms with Crippen LogP contribution in [0.4, 0.5) is 5.69 Å². The van der Waals surface area contributed by atoms with Crippen molar-refractivity contribution in [3.8, 4) is 0 Å². The molecule has 3 aromatic carbocycles. The highest BCUT2D eigenvalue weighted by molar-refractivity contribution is 6.00. The molecule has 0 unspecified atom stereocenters. The minimum Gasteiger partial charge on any atom is -0.253 e. The summed E-state index contributed by atoms with van der Waals surface area (Å²) < 4.78 is 0. The average Bonchev–Trinajstić information content (AvgIpc) is 2.60. The normalized spacial score (nSPS) is 10.8. The van der Waals surface area contributed by atoms with Crippen molar-refractivity contribution in [1.29, 1.82) is 0 Å². The summed E-state index contributed by atoms with van der Waals surface area (Å²) >= 11 is 0. The number of rotatable bonds is 2. The van der Waals surface area contributed by atoms with E-state index in [1.807, 2.05) is 36.4 Å². The Kier molecular flexibility index (Phi) is 6.51. The van der Waals surface area contributed by atoms with Crippen LogP contribution in [-0.4, -0.2) is 5.71 Å². The molecule has 0 N–H and O–H groups in total. The van der Waals surface area contributed by atoms with Crippen molar-refractivity contribution in [3.05, 3.63) is 101 Å². The SMILES string of the molecule is CC(=Nc1cc(C)ccc1C)c1ccccc1.Cc1ccccc1. The van der Waals surface area contributed by atoms with E-state index in [9.17, 15) is 0 Å². The van der Waals surface area contributed by atoms with Crippen LogP contribution in [0.1, 0.15) is 29.2 Å². The number of benzene rings is 3. The summed E-state index contributed by atoms with van der Waals surface area (Å²) in [4.78, 5) is 4.71. The molecule has 0 bridgehead atoms. The third-order valence-electron chi connectivity index (χ3n) is 3.78. The lowest BCUT2D eigenvalue weighted by atomic mass is 10.1. The molecular formula is C23H25N. The average molecular weight is 315 g/mol. The Morgan fingerprint density at radius 1 is 0.667 bits per heavy atom. The van der Waals surface area contributed by atoms with Crippen LogP contribution in [-0.2, 0) is 0 Å². The molecule has 122 valence electrons. The fourth-order valence-corrected chi connectivity index (χ4v) is 2.30. The molecule has 0 amide bonds. The maximum atomic E-state index is 4.71. The molecule has 0 aromatic heterocycles. The van der Waals surface area contributed by atoms with Gasteiger partial charge in [0.15, 0.2) is 0 Å². The summed E-state index contributed by atoms with van der Waals surface area (Å²) in [7, 11) is 0. The van der Waals surface area contributed by atoms with Crippen molar-refractivity contribution in [3.63, 3.8) is 0 Å². The van der Waals surface area contributed by atoms with E-state index >= 15 is 0 Å². The van der Waals surface area contributed by atoms with E-state index in [4.69, 9.17) is 4.99 Å². The molecule has 0 radical (unpaired) electrons. The molecule has 0 saturated carbocycles. The Morgan fingerprint density at radius 2 is 1.25 bits per heavy atom. The molecule has 0 aliphatic heterocycles. The topological polar surface area (TPSA) is 12.4 Å². The van der Waals surface area contributed by atoms with Gasteiger partial charge in [0, 0.05) is 5.71 Å². The first kappa shape index (κ1) is 17.7. The van der Waals surface area contributed by atoms with Crippen LogP contribution in [0.25, 0.3) is 0 Å². The zero-order chi connectivity index (χ0) is 17.4. The van der Waals surface area contributed by atoms with E-state index in [0.717, 1.165) is 11.4 Å². The van der Waals surface area contributed by atoms with Gasteiger partial charge in [-0.1, -0.05) is 78.4 Å². The number of nitrogens with zero attached hydrogens (tertiary/aromatic N) is 1. The van der Waals surface area contributed by atoms with Crippen LogP contribution in [0, 0.1) is 20.8 Å². The largest absolute Gasteiger partial charge is 0.253 e. The smallest absolute Gasteiger partial charge is 0.0664 e. The van der Waals surface area contributed by atoms with Crippen molar-refractivity contribution < 1.29 is 0 Å². The van der Waals surface area contributed by atoms with Gasteiger partial charge in [-0.2, -0.15) is 0 Å². The Morgan fingerprint density at radius 3 is 1.79 bits per heavy atom. The molecule has 24 heavy (non-hydrogen) atoms. The molecule has 0 saturated heterocycles. The van der Waals surface area contributed by atoms with Crippen LogP contribution in [0.15, 0.2) is 83.9 Å². The standard InChI is InChI=1S/C16H17N.C7H8/c1-12-9-10-13(2)16(11-12)17-14(3)15-7-5-4-6-8-15;1-7-5-3-2-4-6-7/h4-11H,1-3H3;2-6H,1H3. The van der Waals surface area contributed by atoms with Crippen LogP contribution in [0.5, 0.6) is 0 Å². The molecule has 0 atom stereocenters. The van der Waals surface area contributed by atoms with E-state index in [1.165, 1.54) is 22.3 Å². The molecule has 3 rings (SSSR count). The maximum absolute atomic E-state index is 4.71. The second-order valence-corrected chi connectivity index (χ2v) is 6.01. The lowest BCUT2D eigenvalue weighted by Gasteiger charge is -2.04. The zero-order valence-corrected chi connectivity index (χ0v) is 15.0. The van der Waals surface area contributed by atoms with Crippen LogP contribution in [0.2, 0.25) is 0 Å².